The van der Waals surface area contributed by atoms with Crippen molar-refractivity contribution in [3.63, 3.8) is 0 Å². The summed E-state index contributed by atoms with van der Waals surface area (Å²) in [5, 5.41) is 3.12. The molecule has 2 aromatic heterocycles. The highest BCUT2D eigenvalue weighted by Crippen LogP contribution is 2.30. The SMILES string of the molecule is COc1cccc(-c2nc3ccc(-c4ccc(C(C)=O)cc4)cn3c2CCC(=O)N[C@@H](C)c2ccccc2)c1. The molecular weight excluding hydrogens is 486 g/mol. The average molecular weight is 518 g/mol. The first-order valence-electron chi connectivity index (χ1n) is 13.0. The molecule has 1 N–H and O–H groups in total. The maximum Gasteiger partial charge on any atom is 0.220 e. The Morgan fingerprint density at radius 3 is 2.36 bits per heavy atom. The van der Waals surface area contributed by atoms with Gasteiger partial charge in [0.15, 0.2) is 5.78 Å². The molecule has 6 heteroatoms. The van der Waals surface area contributed by atoms with Crippen LogP contribution in [0.1, 0.15) is 47.9 Å². The fourth-order valence-corrected chi connectivity index (χ4v) is 4.77. The van der Waals surface area contributed by atoms with Crippen LogP contribution in [-0.4, -0.2) is 28.2 Å². The van der Waals surface area contributed by atoms with Crippen LogP contribution in [0.3, 0.4) is 0 Å². The molecular formula is C33H31N3O3. The molecule has 39 heavy (non-hydrogen) atoms. The molecule has 0 saturated carbocycles. The number of pyridine rings is 1. The summed E-state index contributed by atoms with van der Waals surface area (Å²) in [6.07, 6.45) is 2.88. The van der Waals surface area contributed by atoms with E-state index in [9.17, 15) is 9.59 Å². The van der Waals surface area contributed by atoms with Crippen LogP contribution in [0.15, 0.2) is 97.2 Å². The third kappa shape index (κ3) is 5.75. The number of fused-ring (bicyclic) bond motifs is 1. The van der Waals surface area contributed by atoms with E-state index in [0.717, 1.165) is 45.0 Å². The van der Waals surface area contributed by atoms with Gasteiger partial charge >= 0.3 is 0 Å². The van der Waals surface area contributed by atoms with Crippen LogP contribution in [0, 0.1) is 0 Å². The van der Waals surface area contributed by atoms with Crippen LogP contribution in [-0.2, 0) is 11.2 Å². The van der Waals surface area contributed by atoms with Crippen LogP contribution in [0.4, 0.5) is 0 Å². The highest BCUT2D eigenvalue weighted by Gasteiger charge is 2.18. The first-order chi connectivity index (χ1) is 18.9. The second kappa shape index (κ2) is 11.4. The number of nitrogens with zero attached hydrogens (tertiary/aromatic N) is 2. The second-order valence-corrected chi connectivity index (χ2v) is 9.62. The van der Waals surface area contributed by atoms with E-state index in [2.05, 4.69) is 15.9 Å². The third-order valence-corrected chi connectivity index (χ3v) is 6.95. The van der Waals surface area contributed by atoms with Crippen LogP contribution in [0.5, 0.6) is 5.75 Å². The molecule has 2 heterocycles. The quantitative estimate of drug-likeness (QED) is 0.221. The number of nitrogens with one attached hydrogen (secondary N) is 1. The molecule has 0 radical (unpaired) electrons. The van der Waals surface area contributed by atoms with E-state index >= 15 is 0 Å². The minimum absolute atomic E-state index is 0.0196. The molecule has 196 valence electrons. The maximum atomic E-state index is 13.0. The average Bonchev–Trinajstić information content (AvgIpc) is 3.34. The molecule has 5 rings (SSSR count). The topological polar surface area (TPSA) is 72.7 Å². The van der Waals surface area contributed by atoms with E-state index in [1.807, 2.05) is 97.9 Å². The first-order valence-corrected chi connectivity index (χ1v) is 13.0. The molecule has 6 nitrogen and oxygen atoms in total. The fourth-order valence-electron chi connectivity index (χ4n) is 4.77. The molecule has 0 saturated heterocycles. The lowest BCUT2D eigenvalue weighted by atomic mass is 10.0. The van der Waals surface area contributed by atoms with Crippen molar-refractivity contribution in [1.82, 2.24) is 14.7 Å². The Morgan fingerprint density at radius 1 is 0.897 bits per heavy atom. The number of ether oxygens (including phenoxy) is 1. The predicted molar refractivity (Wildman–Crippen MR) is 154 cm³/mol. The van der Waals surface area contributed by atoms with Crippen LogP contribution >= 0.6 is 0 Å². The van der Waals surface area contributed by atoms with E-state index in [-0.39, 0.29) is 17.7 Å². The Kier molecular flexibility index (Phi) is 7.55. The molecule has 0 fully saturated rings. The van der Waals surface area contributed by atoms with Gasteiger partial charge in [-0.1, -0.05) is 66.7 Å². The number of aromatic nitrogens is 2. The Hall–Kier alpha value is -4.71. The smallest absolute Gasteiger partial charge is 0.220 e. The molecule has 0 bridgehead atoms. The van der Waals surface area contributed by atoms with Crippen molar-refractivity contribution in [2.75, 3.05) is 7.11 Å². The van der Waals surface area contributed by atoms with Gasteiger partial charge in [0, 0.05) is 23.7 Å². The van der Waals surface area contributed by atoms with Gasteiger partial charge in [0.25, 0.3) is 0 Å². The van der Waals surface area contributed by atoms with Crippen LogP contribution in [0.25, 0.3) is 28.0 Å². The zero-order valence-corrected chi connectivity index (χ0v) is 22.3. The van der Waals surface area contributed by atoms with E-state index in [1.165, 1.54) is 0 Å². The standard InChI is InChI=1S/C33H31N3O3/c1-22(24-8-5-4-6-9-24)34-32(38)19-17-30-33(27-10-7-11-29(20-27)39-3)35-31-18-16-28(21-36(30)31)26-14-12-25(13-15-26)23(2)37/h4-16,18,20-22H,17,19H2,1-3H3,(H,34,38)/t22-/m0/s1. The molecule has 0 aliphatic rings. The van der Waals surface area contributed by atoms with Gasteiger partial charge in [-0.05, 0) is 61.2 Å². The maximum absolute atomic E-state index is 13.0. The second-order valence-electron chi connectivity index (χ2n) is 9.62. The minimum atomic E-state index is -0.0803. The largest absolute Gasteiger partial charge is 0.497 e. The summed E-state index contributed by atoms with van der Waals surface area (Å²) in [4.78, 5) is 29.7. The van der Waals surface area contributed by atoms with Gasteiger partial charge < -0.3 is 14.5 Å². The Labute approximate surface area is 228 Å². The van der Waals surface area contributed by atoms with E-state index < -0.39 is 0 Å². The lowest BCUT2D eigenvalue weighted by molar-refractivity contribution is -0.121. The number of carbonyl (C=O) groups is 2. The summed E-state index contributed by atoms with van der Waals surface area (Å²) >= 11 is 0. The van der Waals surface area contributed by atoms with Gasteiger partial charge in [0.05, 0.1) is 24.5 Å². The van der Waals surface area contributed by atoms with E-state index in [1.54, 1.807) is 14.0 Å². The van der Waals surface area contributed by atoms with E-state index in [0.29, 0.717) is 18.4 Å². The van der Waals surface area contributed by atoms with Crippen molar-refractivity contribution in [2.24, 2.45) is 0 Å². The summed E-state index contributed by atoms with van der Waals surface area (Å²) in [5.41, 5.74) is 7.24. The summed E-state index contributed by atoms with van der Waals surface area (Å²) in [6.45, 7) is 3.56. The Bertz CT molecular complexity index is 1620. The van der Waals surface area contributed by atoms with Crippen molar-refractivity contribution in [1.29, 1.82) is 0 Å². The van der Waals surface area contributed by atoms with Gasteiger partial charge in [0.1, 0.15) is 11.4 Å². The number of imidazole rings is 1. The molecule has 3 aromatic carbocycles. The number of amides is 1. The number of methoxy groups -OCH3 is 1. The molecule has 1 atom stereocenters. The molecule has 0 aliphatic heterocycles. The lowest BCUT2D eigenvalue weighted by Gasteiger charge is -2.14. The molecule has 1 amide bonds. The number of carbonyl (C=O) groups excluding carboxylic acids is 2. The van der Waals surface area contributed by atoms with Crippen molar-refractivity contribution in [3.05, 3.63) is 114 Å². The molecule has 0 spiro atoms. The number of Topliss-reactive ketones (excluding diaryl/α,β-unsaturated/α-hetero) is 1. The summed E-state index contributed by atoms with van der Waals surface area (Å²) in [5.74, 6) is 0.766. The van der Waals surface area contributed by atoms with Gasteiger partial charge in [-0.2, -0.15) is 0 Å². The Morgan fingerprint density at radius 2 is 1.64 bits per heavy atom. The van der Waals surface area contributed by atoms with Crippen molar-refractivity contribution < 1.29 is 14.3 Å². The van der Waals surface area contributed by atoms with Crippen LogP contribution < -0.4 is 10.1 Å². The number of hydrogen-bond donors (Lipinski definition) is 1. The van der Waals surface area contributed by atoms with Crippen molar-refractivity contribution >= 4 is 17.3 Å². The zero-order valence-electron chi connectivity index (χ0n) is 22.3. The highest BCUT2D eigenvalue weighted by atomic mass is 16.5. The molecule has 5 aromatic rings. The van der Waals surface area contributed by atoms with Crippen molar-refractivity contribution in [3.8, 4) is 28.1 Å². The molecule has 0 unspecified atom stereocenters. The zero-order chi connectivity index (χ0) is 27.4. The predicted octanol–water partition coefficient (Wildman–Crippen LogP) is 6.69. The van der Waals surface area contributed by atoms with Gasteiger partial charge in [-0.3, -0.25) is 9.59 Å². The fraction of sp³-hybridized carbons (Fsp3) is 0.182. The Balaban J connectivity index is 1.49. The lowest BCUT2D eigenvalue weighted by Crippen LogP contribution is -2.26. The normalized spacial score (nSPS) is 11.8. The summed E-state index contributed by atoms with van der Waals surface area (Å²) in [7, 11) is 1.64. The minimum Gasteiger partial charge on any atom is -0.497 e. The number of hydrogen-bond acceptors (Lipinski definition) is 4. The van der Waals surface area contributed by atoms with E-state index in [4.69, 9.17) is 9.72 Å². The summed E-state index contributed by atoms with van der Waals surface area (Å²) < 4.78 is 7.52. The third-order valence-electron chi connectivity index (χ3n) is 6.95. The number of benzene rings is 3. The molecule has 0 aliphatic carbocycles. The number of aryl methyl sites for hydroxylation is 1. The highest BCUT2D eigenvalue weighted by molar-refractivity contribution is 5.94. The monoisotopic (exact) mass is 517 g/mol. The number of ketones is 1. The van der Waals surface area contributed by atoms with Gasteiger partial charge in [-0.25, -0.2) is 4.98 Å². The first kappa shape index (κ1) is 25.9. The van der Waals surface area contributed by atoms with Gasteiger partial charge in [0.2, 0.25) is 5.91 Å². The number of rotatable bonds is 9. The summed E-state index contributed by atoms with van der Waals surface area (Å²) in [6, 6.07) is 29.3. The van der Waals surface area contributed by atoms with Crippen LogP contribution in [0.2, 0.25) is 0 Å². The van der Waals surface area contributed by atoms with Gasteiger partial charge in [-0.15, -0.1) is 0 Å². The van der Waals surface area contributed by atoms with Crippen molar-refractivity contribution in [2.45, 2.75) is 32.7 Å².